The Morgan fingerprint density at radius 3 is 2.92 bits per heavy atom. The number of hydrogen-bond donors (Lipinski definition) is 2. The van der Waals surface area contributed by atoms with Crippen molar-refractivity contribution in [1.29, 1.82) is 0 Å². The van der Waals surface area contributed by atoms with E-state index >= 15 is 0 Å². The minimum absolute atomic E-state index is 0.124. The maximum atomic E-state index is 12.5. The van der Waals surface area contributed by atoms with Gasteiger partial charge in [-0.3, -0.25) is 4.79 Å². The van der Waals surface area contributed by atoms with E-state index in [-0.39, 0.29) is 11.8 Å². The molecule has 2 heterocycles. The van der Waals surface area contributed by atoms with Crippen molar-refractivity contribution in [2.75, 3.05) is 6.54 Å². The first-order valence-electron chi connectivity index (χ1n) is 8.38. The van der Waals surface area contributed by atoms with Gasteiger partial charge in [0.25, 0.3) is 0 Å². The monoisotopic (exact) mass is 324 g/mol. The predicted octanol–water partition coefficient (Wildman–Crippen LogP) is 2.02. The lowest BCUT2D eigenvalue weighted by atomic mass is 9.79. The van der Waals surface area contributed by atoms with E-state index in [4.69, 9.17) is 5.73 Å². The molecule has 3 N–H and O–H groups in total. The number of benzene rings is 1. The van der Waals surface area contributed by atoms with Gasteiger partial charge in [-0.05, 0) is 30.4 Å². The number of nitrogens with one attached hydrogen (secondary N) is 1. The van der Waals surface area contributed by atoms with Crippen molar-refractivity contribution in [2.45, 2.75) is 38.1 Å². The molecule has 1 aromatic rings. The molecule has 6 heteroatoms. The van der Waals surface area contributed by atoms with Gasteiger partial charge in [-0.15, -0.1) is 0 Å². The van der Waals surface area contributed by atoms with Crippen molar-refractivity contribution in [3.05, 3.63) is 46.7 Å². The molecule has 1 unspecified atom stereocenters. The Labute approximate surface area is 140 Å². The number of primary amides is 1. The number of ketones is 1. The number of urea groups is 1. The van der Waals surface area contributed by atoms with Crippen LogP contribution in [-0.2, 0) is 11.2 Å². The van der Waals surface area contributed by atoms with Crippen molar-refractivity contribution < 1.29 is 9.59 Å². The topological polar surface area (TPSA) is 87.8 Å². The maximum Gasteiger partial charge on any atom is 0.332 e. The zero-order valence-electron chi connectivity index (χ0n) is 13.4. The molecular formula is C18H20N4O2. The van der Waals surface area contributed by atoms with Crippen LogP contribution in [0.15, 0.2) is 40.6 Å². The van der Waals surface area contributed by atoms with E-state index in [9.17, 15) is 9.59 Å². The summed E-state index contributed by atoms with van der Waals surface area (Å²) in [6.07, 6.45) is 3.91. The average molecular weight is 324 g/mol. The van der Waals surface area contributed by atoms with Crippen LogP contribution in [0.5, 0.6) is 0 Å². The Kier molecular flexibility index (Phi) is 3.59. The highest BCUT2D eigenvalue weighted by Crippen LogP contribution is 2.43. The quantitative estimate of drug-likeness (QED) is 0.775. The van der Waals surface area contributed by atoms with Crippen LogP contribution in [0.4, 0.5) is 4.79 Å². The van der Waals surface area contributed by atoms with Crippen molar-refractivity contribution in [3.63, 3.8) is 0 Å². The first-order valence-corrected chi connectivity index (χ1v) is 8.38. The molecule has 124 valence electrons. The minimum atomic E-state index is -0.709. The third-order valence-corrected chi connectivity index (χ3v) is 5.12. The van der Waals surface area contributed by atoms with E-state index in [1.54, 1.807) is 0 Å². The van der Waals surface area contributed by atoms with Crippen LogP contribution in [0.3, 0.4) is 0 Å². The van der Waals surface area contributed by atoms with E-state index in [0.29, 0.717) is 24.1 Å². The third-order valence-electron chi connectivity index (χ3n) is 5.12. The van der Waals surface area contributed by atoms with E-state index < -0.39 is 6.03 Å². The van der Waals surface area contributed by atoms with Crippen LogP contribution in [0.25, 0.3) is 0 Å². The van der Waals surface area contributed by atoms with Gasteiger partial charge < -0.3 is 10.6 Å². The molecule has 0 spiro atoms. The highest BCUT2D eigenvalue weighted by Gasteiger charge is 2.39. The molecule has 1 aliphatic carbocycles. The second kappa shape index (κ2) is 5.78. The van der Waals surface area contributed by atoms with Crippen LogP contribution < -0.4 is 11.2 Å². The number of hydrazone groups is 1. The molecule has 0 aromatic heterocycles. The lowest BCUT2D eigenvalue weighted by molar-refractivity contribution is -0.115. The summed E-state index contributed by atoms with van der Waals surface area (Å²) in [7, 11) is 0. The van der Waals surface area contributed by atoms with Gasteiger partial charge in [0.05, 0.1) is 17.3 Å². The number of nitrogens with two attached hydrogens (primary N) is 1. The van der Waals surface area contributed by atoms with Gasteiger partial charge in [-0.2, -0.15) is 5.10 Å². The highest BCUT2D eigenvalue weighted by molar-refractivity contribution is 6.24. The smallest absolute Gasteiger partial charge is 0.332 e. The van der Waals surface area contributed by atoms with Crippen molar-refractivity contribution >= 4 is 17.5 Å². The summed E-state index contributed by atoms with van der Waals surface area (Å²) in [5.41, 5.74) is 12.6. The summed E-state index contributed by atoms with van der Waals surface area (Å²) < 4.78 is 0. The number of hydrogen-bond acceptors (Lipinski definition) is 4. The zero-order chi connectivity index (χ0) is 16.7. The number of amides is 2. The molecule has 0 bridgehead atoms. The molecule has 1 aromatic carbocycles. The van der Waals surface area contributed by atoms with Crippen LogP contribution >= 0.6 is 0 Å². The van der Waals surface area contributed by atoms with Gasteiger partial charge in [-0.1, -0.05) is 24.3 Å². The van der Waals surface area contributed by atoms with Gasteiger partial charge in [0.15, 0.2) is 5.78 Å². The Hall–Kier alpha value is -2.63. The normalized spacial score (nSPS) is 24.3. The molecule has 0 saturated carbocycles. The maximum absolute atomic E-state index is 12.5. The Balaban J connectivity index is 1.81. The molecule has 24 heavy (non-hydrogen) atoms. The summed E-state index contributed by atoms with van der Waals surface area (Å²) in [4.78, 5) is 25.9. The molecule has 4 rings (SSSR count). The zero-order valence-corrected chi connectivity index (χ0v) is 13.4. The summed E-state index contributed by atoms with van der Waals surface area (Å²) in [5, 5.41) is 4.17. The van der Waals surface area contributed by atoms with E-state index in [1.807, 2.05) is 0 Å². The van der Waals surface area contributed by atoms with Crippen molar-refractivity contribution in [3.8, 4) is 0 Å². The van der Waals surface area contributed by atoms with Gasteiger partial charge in [-0.25, -0.2) is 10.2 Å². The summed E-state index contributed by atoms with van der Waals surface area (Å²) >= 11 is 0. The number of Topliss-reactive ketones (excluding diaryl/α,β-unsaturated/α-hetero) is 1. The molecule has 6 nitrogen and oxygen atoms in total. The van der Waals surface area contributed by atoms with Gasteiger partial charge >= 0.3 is 6.03 Å². The Morgan fingerprint density at radius 2 is 2.08 bits per heavy atom. The number of carbonyl (C=O) groups is 2. The number of fused-ring (bicyclic) bond motifs is 4. The van der Waals surface area contributed by atoms with E-state index in [1.165, 1.54) is 11.1 Å². The van der Waals surface area contributed by atoms with Crippen LogP contribution in [0, 0.1) is 0 Å². The molecule has 0 fully saturated rings. The molecule has 2 amide bonds. The summed E-state index contributed by atoms with van der Waals surface area (Å²) in [5.74, 6) is 0.124. The fraction of sp³-hybridized carbons (Fsp3) is 0.389. The third kappa shape index (κ3) is 2.38. The standard InChI is InChI=1S/C18H20N4O2/c19-18(24)21-20-13-10-15-12-5-2-1-4-11(12)8-9-22(15)14-6-3-7-16(23)17(13)14/h1-2,4-5,15H,3,6-10H2,(H3,19,21,24). The molecule has 0 radical (unpaired) electrons. The van der Waals surface area contributed by atoms with Crippen molar-refractivity contribution in [1.82, 2.24) is 10.3 Å². The second-order valence-corrected chi connectivity index (χ2v) is 6.50. The Morgan fingerprint density at radius 1 is 1.25 bits per heavy atom. The SMILES string of the molecule is NC(=O)NN=C1CC2c3ccccc3CCN2C2=C1C(=O)CCC2. The predicted molar refractivity (Wildman–Crippen MR) is 90.2 cm³/mol. The average Bonchev–Trinajstić information content (AvgIpc) is 2.59. The van der Waals surface area contributed by atoms with Gasteiger partial charge in [0.2, 0.25) is 0 Å². The fourth-order valence-corrected chi connectivity index (χ4v) is 4.15. The Bertz CT molecular complexity index is 781. The lowest BCUT2D eigenvalue weighted by Crippen LogP contribution is -2.43. The van der Waals surface area contributed by atoms with Crippen molar-refractivity contribution in [2.24, 2.45) is 10.8 Å². The fourth-order valence-electron chi connectivity index (χ4n) is 4.15. The largest absolute Gasteiger partial charge is 0.366 e. The van der Waals surface area contributed by atoms with E-state index in [2.05, 4.69) is 39.7 Å². The number of carbonyl (C=O) groups excluding carboxylic acids is 2. The summed E-state index contributed by atoms with van der Waals surface area (Å²) in [6, 6.07) is 7.90. The highest BCUT2D eigenvalue weighted by atomic mass is 16.2. The molecule has 2 aliphatic heterocycles. The first-order chi connectivity index (χ1) is 11.6. The van der Waals surface area contributed by atoms with Crippen LogP contribution in [-0.4, -0.2) is 29.0 Å². The molecule has 3 aliphatic rings. The van der Waals surface area contributed by atoms with Gasteiger partial charge in [0, 0.05) is 25.1 Å². The number of rotatable bonds is 1. The van der Waals surface area contributed by atoms with Crippen LogP contribution in [0.1, 0.15) is 42.9 Å². The molecular weight excluding hydrogens is 304 g/mol. The van der Waals surface area contributed by atoms with E-state index in [0.717, 1.165) is 31.5 Å². The number of allylic oxidation sites excluding steroid dienone is 2. The summed E-state index contributed by atoms with van der Waals surface area (Å²) in [6.45, 7) is 0.921. The van der Waals surface area contributed by atoms with Gasteiger partial charge in [0.1, 0.15) is 0 Å². The first kappa shape index (κ1) is 14.9. The second-order valence-electron chi connectivity index (χ2n) is 6.50. The molecule has 0 saturated heterocycles. The number of nitrogens with zero attached hydrogens (tertiary/aromatic N) is 2. The molecule has 1 atom stereocenters. The van der Waals surface area contributed by atoms with Crippen LogP contribution in [0.2, 0.25) is 0 Å². The lowest BCUT2D eigenvalue weighted by Gasteiger charge is -2.45. The minimum Gasteiger partial charge on any atom is -0.366 e.